The number of ether oxygens (including phenoxy) is 1. The van der Waals surface area contributed by atoms with Crippen molar-refractivity contribution >= 4 is 16.7 Å². The van der Waals surface area contributed by atoms with E-state index in [0.29, 0.717) is 30.8 Å². The van der Waals surface area contributed by atoms with E-state index >= 15 is 0 Å². The summed E-state index contributed by atoms with van der Waals surface area (Å²) in [6, 6.07) is 9.20. The van der Waals surface area contributed by atoms with Gasteiger partial charge in [-0.05, 0) is 36.3 Å². The lowest BCUT2D eigenvalue weighted by Gasteiger charge is -2.35. The van der Waals surface area contributed by atoms with E-state index in [2.05, 4.69) is 0 Å². The highest BCUT2D eigenvalue weighted by Crippen LogP contribution is 2.39. The molecule has 154 valence electrons. The molecule has 7 heteroatoms. The minimum atomic E-state index is -2.65. The molecule has 2 heterocycles. The first-order chi connectivity index (χ1) is 13.9. The molecule has 2 atom stereocenters. The fraction of sp³-hybridized carbons (Fsp3) is 0.500. The summed E-state index contributed by atoms with van der Waals surface area (Å²) in [5.74, 6) is -2.26. The van der Waals surface area contributed by atoms with Gasteiger partial charge in [-0.25, -0.2) is 8.78 Å². The average Bonchev–Trinajstić information content (AvgIpc) is 3.27. The van der Waals surface area contributed by atoms with Crippen molar-refractivity contribution in [3.05, 3.63) is 41.5 Å². The molecule has 5 nitrogen and oxygen atoms in total. The standard InChI is InChI=1S/C22H24F2N2O3/c23-22(24)8-9-25(12-22)11-14-10-17-20(16-5-2-1-4-15(14)16)29-13-26(21(17)28)18-6-3-7-19(18)27/h1-2,4-5,10,18-19,27H,3,6-9,11-13H2/t18-,19-/m0/s1. The van der Waals surface area contributed by atoms with Crippen molar-refractivity contribution in [2.75, 3.05) is 19.8 Å². The molecule has 0 aromatic heterocycles. The number of carbonyl (C=O) groups is 1. The zero-order valence-corrected chi connectivity index (χ0v) is 16.1. The Kier molecular flexibility index (Phi) is 4.47. The van der Waals surface area contributed by atoms with Gasteiger partial charge >= 0.3 is 0 Å². The molecule has 1 N–H and O–H groups in total. The van der Waals surface area contributed by atoms with E-state index in [1.54, 1.807) is 15.9 Å². The van der Waals surface area contributed by atoms with Gasteiger partial charge in [-0.1, -0.05) is 24.3 Å². The van der Waals surface area contributed by atoms with Gasteiger partial charge < -0.3 is 9.84 Å². The van der Waals surface area contributed by atoms with Crippen LogP contribution in [0.4, 0.5) is 8.78 Å². The number of rotatable bonds is 3. The first-order valence-electron chi connectivity index (χ1n) is 10.2. The van der Waals surface area contributed by atoms with Crippen LogP contribution >= 0.6 is 0 Å². The molecule has 2 fully saturated rings. The number of aliphatic hydroxyl groups is 1. The van der Waals surface area contributed by atoms with Crippen LogP contribution in [0, 0.1) is 0 Å². The highest BCUT2D eigenvalue weighted by atomic mass is 19.3. The summed E-state index contributed by atoms with van der Waals surface area (Å²) >= 11 is 0. The van der Waals surface area contributed by atoms with Gasteiger partial charge in [0, 0.05) is 24.9 Å². The van der Waals surface area contributed by atoms with Crippen molar-refractivity contribution in [2.45, 2.75) is 50.3 Å². The summed E-state index contributed by atoms with van der Waals surface area (Å²) in [5.41, 5.74) is 1.30. The van der Waals surface area contributed by atoms with E-state index in [0.717, 1.165) is 29.2 Å². The highest BCUT2D eigenvalue weighted by Gasteiger charge is 2.40. The van der Waals surface area contributed by atoms with Crippen LogP contribution in [0.1, 0.15) is 41.6 Å². The maximum absolute atomic E-state index is 13.7. The number of benzene rings is 2. The third kappa shape index (κ3) is 3.26. The molecule has 0 radical (unpaired) electrons. The third-order valence-corrected chi connectivity index (χ3v) is 6.41. The number of fused-ring (bicyclic) bond motifs is 3. The molecule has 29 heavy (non-hydrogen) atoms. The summed E-state index contributed by atoms with van der Waals surface area (Å²) in [5, 5.41) is 12.0. The smallest absolute Gasteiger partial charge is 0.261 e. The van der Waals surface area contributed by atoms with E-state index in [4.69, 9.17) is 4.74 Å². The molecule has 5 rings (SSSR count). The number of carbonyl (C=O) groups excluding carboxylic acids is 1. The summed E-state index contributed by atoms with van der Waals surface area (Å²) < 4.78 is 33.3. The number of halogens is 2. The Hall–Kier alpha value is -2.25. The maximum atomic E-state index is 13.7. The van der Waals surface area contributed by atoms with E-state index in [9.17, 15) is 18.7 Å². The fourth-order valence-corrected chi connectivity index (χ4v) is 4.93. The second kappa shape index (κ2) is 6.92. The monoisotopic (exact) mass is 402 g/mol. The molecule has 0 bridgehead atoms. The number of aliphatic hydroxyl groups excluding tert-OH is 1. The molecule has 1 aliphatic carbocycles. The number of hydrogen-bond acceptors (Lipinski definition) is 4. The lowest BCUT2D eigenvalue weighted by molar-refractivity contribution is 0.0111. The molecule has 2 aromatic carbocycles. The molecule has 3 aliphatic rings. The van der Waals surface area contributed by atoms with Gasteiger partial charge in [0.15, 0.2) is 6.73 Å². The number of nitrogens with zero attached hydrogens (tertiary/aromatic N) is 2. The van der Waals surface area contributed by atoms with Crippen molar-refractivity contribution in [1.29, 1.82) is 0 Å². The first-order valence-corrected chi connectivity index (χ1v) is 10.2. The predicted molar refractivity (Wildman–Crippen MR) is 104 cm³/mol. The van der Waals surface area contributed by atoms with Crippen molar-refractivity contribution in [2.24, 2.45) is 0 Å². The molecule has 2 aliphatic heterocycles. The second-order valence-corrected chi connectivity index (χ2v) is 8.39. The lowest BCUT2D eigenvalue weighted by atomic mass is 9.97. The molecule has 1 saturated heterocycles. The Morgan fingerprint density at radius 2 is 2.00 bits per heavy atom. The zero-order valence-electron chi connectivity index (χ0n) is 16.1. The fourth-order valence-electron chi connectivity index (χ4n) is 4.93. The van der Waals surface area contributed by atoms with Crippen LogP contribution in [0.3, 0.4) is 0 Å². The van der Waals surface area contributed by atoms with Gasteiger partial charge in [-0.2, -0.15) is 0 Å². The van der Waals surface area contributed by atoms with Gasteiger partial charge in [0.05, 0.1) is 24.3 Å². The molecular formula is C22H24F2N2O3. The quantitative estimate of drug-likeness (QED) is 0.855. The van der Waals surface area contributed by atoms with E-state index in [-0.39, 0.29) is 31.6 Å². The first kappa shape index (κ1) is 18.8. The van der Waals surface area contributed by atoms with Gasteiger partial charge in [0.1, 0.15) is 5.75 Å². The largest absolute Gasteiger partial charge is 0.472 e. The minimum Gasteiger partial charge on any atom is -0.472 e. The lowest BCUT2D eigenvalue weighted by Crippen LogP contribution is -2.48. The Labute approximate surface area is 167 Å². The Bertz CT molecular complexity index is 964. The Balaban J connectivity index is 1.53. The normalized spacial score (nSPS) is 26.7. The summed E-state index contributed by atoms with van der Waals surface area (Å²) in [6.45, 7) is 0.560. The SMILES string of the molecule is O=C1c2cc(CN3CCC(F)(F)C3)c3ccccc3c2OCN1[C@H]1CCC[C@@H]1O. The number of likely N-dealkylation sites (tertiary alicyclic amines) is 1. The van der Waals surface area contributed by atoms with Crippen molar-refractivity contribution in [3.8, 4) is 5.75 Å². The summed E-state index contributed by atoms with van der Waals surface area (Å²) in [4.78, 5) is 16.6. The third-order valence-electron chi connectivity index (χ3n) is 6.41. The Morgan fingerprint density at radius 1 is 1.21 bits per heavy atom. The number of hydrogen-bond donors (Lipinski definition) is 1. The molecule has 1 saturated carbocycles. The van der Waals surface area contributed by atoms with Crippen LogP contribution < -0.4 is 4.74 Å². The topological polar surface area (TPSA) is 53.0 Å². The van der Waals surface area contributed by atoms with E-state index < -0.39 is 12.0 Å². The highest BCUT2D eigenvalue weighted by molar-refractivity contribution is 6.06. The molecular weight excluding hydrogens is 378 g/mol. The Morgan fingerprint density at radius 3 is 2.69 bits per heavy atom. The van der Waals surface area contributed by atoms with Crippen molar-refractivity contribution in [3.63, 3.8) is 0 Å². The van der Waals surface area contributed by atoms with Crippen molar-refractivity contribution < 1.29 is 23.4 Å². The number of amides is 1. The maximum Gasteiger partial charge on any atom is 0.261 e. The number of alkyl halides is 2. The van der Waals surface area contributed by atoms with Crippen LogP contribution in [-0.2, 0) is 6.54 Å². The van der Waals surface area contributed by atoms with Crippen LogP contribution in [0.15, 0.2) is 30.3 Å². The second-order valence-electron chi connectivity index (χ2n) is 8.39. The molecule has 0 spiro atoms. The minimum absolute atomic E-state index is 0.120. The zero-order chi connectivity index (χ0) is 20.2. The summed E-state index contributed by atoms with van der Waals surface area (Å²) in [7, 11) is 0. The van der Waals surface area contributed by atoms with Crippen LogP contribution in [0.25, 0.3) is 10.8 Å². The van der Waals surface area contributed by atoms with E-state index in [1.807, 2.05) is 24.3 Å². The molecule has 1 amide bonds. The van der Waals surface area contributed by atoms with E-state index in [1.165, 1.54) is 0 Å². The molecule has 0 unspecified atom stereocenters. The molecule has 2 aromatic rings. The predicted octanol–water partition coefficient (Wildman–Crippen LogP) is 3.39. The van der Waals surface area contributed by atoms with Gasteiger partial charge in [-0.3, -0.25) is 14.6 Å². The van der Waals surface area contributed by atoms with Gasteiger partial charge in [-0.15, -0.1) is 0 Å². The van der Waals surface area contributed by atoms with Crippen LogP contribution in [0.2, 0.25) is 0 Å². The average molecular weight is 402 g/mol. The van der Waals surface area contributed by atoms with Crippen molar-refractivity contribution in [1.82, 2.24) is 9.80 Å². The van der Waals surface area contributed by atoms with Gasteiger partial charge in [0.2, 0.25) is 0 Å². The van der Waals surface area contributed by atoms with Crippen LogP contribution in [0.5, 0.6) is 5.75 Å². The van der Waals surface area contributed by atoms with Crippen LogP contribution in [-0.4, -0.2) is 58.7 Å². The summed E-state index contributed by atoms with van der Waals surface area (Å²) in [6.07, 6.45) is 1.67. The van der Waals surface area contributed by atoms with Gasteiger partial charge in [0.25, 0.3) is 11.8 Å².